The first-order valence-corrected chi connectivity index (χ1v) is 10.1. The number of methoxy groups -OCH3 is 1. The number of pyridine rings is 2. The van der Waals surface area contributed by atoms with Crippen LogP contribution in [0.15, 0.2) is 48.7 Å². The number of benzene rings is 1. The summed E-state index contributed by atoms with van der Waals surface area (Å²) in [5, 5.41) is 3.25. The van der Waals surface area contributed by atoms with Gasteiger partial charge in [-0.1, -0.05) is 12.1 Å². The van der Waals surface area contributed by atoms with Crippen LogP contribution in [0.4, 0.5) is 10.2 Å². The minimum atomic E-state index is -0.454. The Morgan fingerprint density at radius 3 is 2.87 bits per heavy atom. The van der Waals surface area contributed by atoms with Crippen molar-refractivity contribution in [3.63, 3.8) is 0 Å². The van der Waals surface area contributed by atoms with Gasteiger partial charge in [0.05, 0.1) is 24.9 Å². The van der Waals surface area contributed by atoms with Crippen molar-refractivity contribution >= 4 is 11.7 Å². The highest BCUT2D eigenvalue weighted by Crippen LogP contribution is 2.38. The van der Waals surface area contributed by atoms with Crippen molar-refractivity contribution in [2.75, 3.05) is 25.1 Å². The van der Waals surface area contributed by atoms with E-state index in [0.717, 1.165) is 19.5 Å². The fourth-order valence-corrected chi connectivity index (χ4v) is 4.05. The molecule has 1 fully saturated rings. The fraction of sp³-hybridized carbons (Fsp3) is 0.261. The monoisotopic (exact) mass is 420 g/mol. The third kappa shape index (κ3) is 3.48. The van der Waals surface area contributed by atoms with Crippen LogP contribution in [0.25, 0.3) is 11.3 Å². The average molecular weight is 420 g/mol. The summed E-state index contributed by atoms with van der Waals surface area (Å²) in [6.45, 7) is 1.93. The first kappa shape index (κ1) is 19.4. The number of halogens is 1. The Hall–Kier alpha value is -3.52. The highest BCUT2D eigenvalue weighted by Gasteiger charge is 2.33. The van der Waals surface area contributed by atoms with E-state index in [4.69, 9.17) is 9.47 Å². The van der Waals surface area contributed by atoms with Crippen LogP contribution in [-0.2, 0) is 6.54 Å². The molecule has 3 aromatic rings. The van der Waals surface area contributed by atoms with Crippen molar-refractivity contribution in [1.82, 2.24) is 15.3 Å². The van der Waals surface area contributed by atoms with Gasteiger partial charge in [0.15, 0.2) is 0 Å². The van der Waals surface area contributed by atoms with Gasteiger partial charge in [0.2, 0.25) is 5.88 Å². The largest absolute Gasteiger partial charge is 0.496 e. The number of nitrogens with one attached hydrogen (secondary N) is 1. The second-order valence-corrected chi connectivity index (χ2v) is 7.46. The molecular weight excluding hydrogens is 399 g/mol. The maximum Gasteiger partial charge on any atom is 0.260 e. The number of carbonyl (C=O) groups is 1. The van der Waals surface area contributed by atoms with E-state index < -0.39 is 5.82 Å². The smallest absolute Gasteiger partial charge is 0.260 e. The van der Waals surface area contributed by atoms with Crippen molar-refractivity contribution < 1.29 is 18.7 Å². The lowest BCUT2D eigenvalue weighted by molar-refractivity contribution is 0.0995. The van der Waals surface area contributed by atoms with Crippen LogP contribution in [0.2, 0.25) is 0 Å². The summed E-state index contributed by atoms with van der Waals surface area (Å²) in [7, 11) is 1.48. The molecule has 2 aliphatic rings. The first-order valence-electron chi connectivity index (χ1n) is 10.1. The molecule has 5 rings (SSSR count). The lowest BCUT2D eigenvalue weighted by Gasteiger charge is -2.17. The quantitative estimate of drug-likeness (QED) is 0.683. The van der Waals surface area contributed by atoms with E-state index in [0.29, 0.717) is 34.3 Å². The lowest BCUT2D eigenvalue weighted by Crippen LogP contribution is -2.25. The Kier molecular flexibility index (Phi) is 4.99. The van der Waals surface area contributed by atoms with E-state index in [1.807, 2.05) is 6.07 Å². The predicted molar refractivity (Wildman–Crippen MR) is 113 cm³/mol. The number of aromatic nitrogens is 2. The zero-order valence-electron chi connectivity index (χ0n) is 17.0. The lowest BCUT2D eigenvalue weighted by atomic mass is 10.0. The minimum Gasteiger partial charge on any atom is -0.496 e. The molecule has 8 heteroatoms. The molecular formula is C23H21FN4O3. The molecule has 0 spiro atoms. The van der Waals surface area contributed by atoms with Gasteiger partial charge in [-0.05, 0) is 37.2 Å². The number of rotatable bonds is 5. The van der Waals surface area contributed by atoms with Crippen molar-refractivity contribution in [3.8, 4) is 22.9 Å². The van der Waals surface area contributed by atoms with Gasteiger partial charge in [-0.2, -0.15) is 4.98 Å². The molecule has 1 atom stereocenters. The molecule has 0 radical (unpaired) electrons. The molecule has 1 amide bonds. The maximum atomic E-state index is 14.7. The zero-order valence-corrected chi connectivity index (χ0v) is 17.0. The number of ether oxygens (including phenoxy) is 2. The third-order valence-corrected chi connectivity index (χ3v) is 5.57. The molecule has 0 saturated carbocycles. The summed E-state index contributed by atoms with van der Waals surface area (Å²) in [4.78, 5) is 23.6. The zero-order chi connectivity index (χ0) is 21.4. The summed E-state index contributed by atoms with van der Waals surface area (Å²) in [6, 6.07) is 11.6. The number of fused-ring (bicyclic) bond motifs is 1. The van der Waals surface area contributed by atoms with Crippen molar-refractivity contribution in [1.29, 1.82) is 0 Å². The number of amides is 1. The first-order chi connectivity index (χ1) is 15.2. The molecule has 2 aliphatic heterocycles. The third-order valence-electron chi connectivity index (χ3n) is 5.57. The standard InChI is InChI=1S/C23H21FN4O3/c1-30-18-5-2-4-17(24)21(18)22-16-13-28(23(29)15(16)9-11-26-22)19-6-3-7-20(27-19)31-14-8-10-25-12-14/h2-7,9,11,14,25H,8,10,12-13H2,1H3. The Morgan fingerprint density at radius 1 is 1.19 bits per heavy atom. The van der Waals surface area contributed by atoms with Crippen molar-refractivity contribution in [2.45, 2.75) is 19.1 Å². The molecule has 1 N–H and O–H groups in total. The fourth-order valence-electron chi connectivity index (χ4n) is 4.05. The van der Waals surface area contributed by atoms with Crippen LogP contribution in [0.1, 0.15) is 22.3 Å². The molecule has 7 nitrogen and oxygen atoms in total. The van der Waals surface area contributed by atoms with Crippen molar-refractivity contribution in [3.05, 3.63) is 65.6 Å². The summed E-state index contributed by atoms with van der Waals surface area (Å²) in [5.41, 5.74) is 1.76. The van der Waals surface area contributed by atoms with Crippen LogP contribution < -0.4 is 19.7 Å². The highest BCUT2D eigenvalue weighted by atomic mass is 19.1. The Bertz CT molecular complexity index is 1150. The van der Waals surface area contributed by atoms with Gasteiger partial charge in [0.1, 0.15) is 23.5 Å². The highest BCUT2D eigenvalue weighted by molar-refractivity contribution is 6.10. The van der Waals surface area contributed by atoms with Gasteiger partial charge in [0.25, 0.3) is 5.91 Å². The van der Waals surface area contributed by atoms with Gasteiger partial charge in [0, 0.05) is 29.9 Å². The molecule has 0 aliphatic carbocycles. The molecule has 1 aromatic carbocycles. The van der Waals surface area contributed by atoms with Crippen LogP contribution in [0, 0.1) is 5.82 Å². The van der Waals surface area contributed by atoms with Gasteiger partial charge in [-0.3, -0.25) is 14.7 Å². The predicted octanol–water partition coefficient (Wildman–Crippen LogP) is 3.19. The molecule has 1 unspecified atom stereocenters. The molecule has 31 heavy (non-hydrogen) atoms. The van der Waals surface area contributed by atoms with Crippen LogP contribution >= 0.6 is 0 Å². The molecule has 2 aromatic heterocycles. The van der Waals surface area contributed by atoms with Gasteiger partial charge in [-0.25, -0.2) is 4.39 Å². The summed E-state index contributed by atoms with van der Waals surface area (Å²) in [5.74, 6) is 0.664. The van der Waals surface area contributed by atoms with E-state index in [1.165, 1.54) is 19.4 Å². The Morgan fingerprint density at radius 2 is 2.06 bits per heavy atom. The minimum absolute atomic E-state index is 0.0681. The summed E-state index contributed by atoms with van der Waals surface area (Å²) in [6.07, 6.45) is 2.50. The van der Waals surface area contributed by atoms with E-state index in [2.05, 4.69) is 15.3 Å². The maximum absolute atomic E-state index is 14.7. The second kappa shape index (κ2) is 7.96. The van der Waals surface area contributed by atoms with Gasteiger partial charge in [-0.15, -0.1) is 0 Å². The molecule has 0 bridgehead atoms. The molecule has 1 saturated heterocycles. The van der Waals surface area contributed by atoms with Gasteiger partial charge < -0.3 is 14.8 Å². The number of nitrogens with zero attached hydrogens (tertiary/aromatic N) is 3. The summed E-state index contributed by atoms with van der Waals surface area (Å²) >= 11 is 0. The Balaban J connectivity index is 1.50. The van der Waals surface area contributed by atoms with E-state index in [1.54, 1.807) is 35.2 Å². The average Bonchev–Trinajstić information content (AvgIpc) is 3.42. The normalized spacial score (nSPS) is 17.7. The molecule has 158 valence electrons. The van der Waals surface area contributed by atoms with E-state index in [9.17, 15) is 9.18 Å². The van der Waals surface area contributed by atoms with Crippen molar-refractivity contribution in [2.24, 2.45) is 0 Å². The number of carbonyl (C=O) groups excluding carboxylic acids is 1. The SMILES string of the molecule is COc1cccc(F)c1-c1nccc2c1CN(c1cccc(OC3CCNC3)n1)C2=O. The Labute approximate surface area is 178 Å². The van der Waals surface area contributed by atoms with Crippen LogP contribution in [-0.4, -0.2) is 42.2 Å². The number of hydrogen-bond acceptors (Lipinski definition) is 6. The van der Waals surface area contributed by atoms with Gasteiger partial charge >= 0.3 is 0 Å². The second-order valence-electron chi connectivity index (χ2n) is 7.46. The van der Waals surface area contributed by atoms with E-state index >= 15 is 0 Å². The van der Waals surface area contributed by atoms with Crippen LogP contribution in [0.3, 0.4) is 0 Å². The van der Waals surface area contributed by atoms with Crippen LogP contribution in [0.5, 0.6) is 11.6 Å². The topological polar surface area (TPSA) is 76.6 Å². The summed E-state index contributed by atoms with van der Waals surface area (Å²) < 4.78 is 26.0. The number of anilines is 1. The number of hydrogen-bond donors (Lipinski definition) is 1. The molecule has 4 heterocycles. The van der Waals surface area contributed by atoms with E-state index in [-0.39, 0.29) is 24.1 Å².